The Hall–Kier alpha value is -3.64. The maximum absolute atomic E-state index is 3.92. The molecule has 0 heteroatoms. The summed E-state index contributed by atoms with van der Waals surface area (Å²) in [6.07, 6.45) is 3.79. The van der Waals surface area contributed by atoms with Gasteiger partial charge in [-0.25, -0.2) is 0 Å². The first-order valence-electron chi connectivity index (χ1n) is 9.94. The molecule has 4 aromatic rings. The number of hydrogen-bond acceptors (Lipinski definition) is 0. The fraction of sp³-hybridized carbons (Fsp3) is 0.0345. The van der Waals surface area contributed by atoms with Crippen LogP contribution in [0.3, 0.4) is 0 Å². The van der Waals surface area contributed by atoms with Crippen molar-refractivity contribution < 1.29 is 0 Å². The molecule has 0 nitrogen and oxygen atoms in total. The van der Waals surface area contributed by atoms with E-state index in [1.165, 1.54) is 33.4 Å². The van der Waals surface area contributed by atoms with Crippen molar-refractivity contribution in [2.75, 3.05) is 0 Å². The highest BCUT2D eigenvalue weighted by Gasteiger charge is 2.45. The van der Waals surface area contributed by atoms with Crippen LogP contribution in [0.1, 0.15) is 33.4 Å². The van der Waals surface area contributed by atoms with Crippen LogP contribution in [0, 0.1) is 0 Å². The van der Waals surface area contributed by atoms with Crippen LogP contribution in [-0.4, -0.2) is 0 Å². The average Bonchev–Trinajstić information content (AvgIpc) is 3.11. The minimum absolute atomic E-state index is 0.341. The number of hydrogen-bond donors (Lipinski definition) is 0. The molecule has 0 amide bonds. The Kier molecular flexibility index (Phi) is 4.07. The van der Waals surface area contributed by atoms with Crippen molar-refractivity contribution in [3.63, 3.8) is 0 Å². The third-order valence-corrected chi connectivity index (χ3v) is 6.11. The summed E-state index contributed by atoms with van der Waals surface area (Å²) in [6, 6.07) is 35.2. The zero-order valence-corrected chi connectivity index (χ0v) is 16.3. The van der Waals surface area contributed by atoms with Crippen molar-refractivity contribution in [2.45, 2.75) is 5.41 Å². The van der Waals surface area contributed by atoms with Crippen molar-refractivity contribution in [3.05, 3.63) is 144 Å². The molecule has 0 fully saturated rings. The summed E-state index contributed by atoms with van der Waals surface area (Å²) in [5.74, 6) is 0. The molecule has 0 saturated heterocycles. The van der Waals surface area contributed by atoms with Crippen LogP contribution < -0.4 is 0 Å². The number of fused-ring (bicyclic) bond motifs is 3. The summed E-state index contributed by atoms with van der Waals surface area (Å²) < 4.78 is 0. The van der Waals surface area contributed by atoms with Crippen molar-refractivity contribution in [2.24, 2.45) is 0 Å². The van der Waals surface area contributed by atoms with Crippen LogP contribution in [0.25, 0.3) is 23.3 Å². The summed E-state index contributed by atoms with van der Waals surface area (Å²) in [7, 11) is 0. The first-order chi connectivity index (χ1) is 14.3. The van der Waals surface area contributed by atoms with Gasteiger partial charge in [0.2, 0.25) is 0 Å². The molecule has 0 aromatic heterocycles. The van der Waals surface area contributed by atoms with Gasteiger partial charge < -0.3 is 0 Å². The Morgan fingerprint density at radius 1 is 0.483 bits per heavy atom. The van der Waals surface area contributed by atoms with Crippen molar-refractivity contribution in [1.82, 2.24) is 0 Å². The Bertz CT molecular complexity index is 1110. The van der Waals surface area contributed by atoms with Crippen LogP contribution in [-0.2, 0) is 5.41 Å². The van der Waals surface area contributed by atoms with Crippen molar-refractivity contribution >= 4 is 12.2 Å². The predicted molar refractivity (Wildman–Crippen MR) is 124 cm³/mol. The molecule has 1 aliphatic rings. The third kappa shape index (κ3) is 2.46. The van der Waals surface area contributed by atoms with Gasteiger partial charge in [-0.05, 0) is 44.5 Å². The van der Waals surface area contributed by atoms with Crippen LogP contribution >= 0.6 is 0 Å². The molecule has 0 unspecified atom stereocenters. The maximum atomic E-state index is 3.92. The number of rotatable bonds is 4. The highest BCUT2D eigenvalue weighted by Crippen LogP contribution is 2.55. The van der Waals surface area contributed by atoms with Gasteiger partial charge in [-0.3, -0.25) is 0 Å². The molecule has 0 heterocycles. The molecule has 0 radical (unpaired) electrons. The van der Waals surface area contributed by atoms with Crippen LogP contribution in [0.2, 0.25) is 0 Å². The molecule has 0 bridgehead atoms. The van der Waals surface area contributed by atoms with E-state index in [0.29, 0.717) is 0 Å². The van der Waals surface area contributed by atoms with Gasteiger partial charge in [-0.2, -0.15) is 0 Å². The van der Waals surface area contributed by atoms with Crippen LogP contribution in [0.4, 0.5) is 0 Å². The lowest BCUT2D eigenvalue weighted by atomic mass is 9.67. The monoisotopic (exact) mass is 370 g/mol. The van der Waals surface area contributed by atoms with Gasteiger partial charge in [-0.15, -0.1) is 0 Å². The van der Waals surface area contributed by atoms with Gasteiger partial charge in [0.05, 0.1) is 5.41 Å². The lowest BCUT2D eigenvalue weighted by Crippen LogP contribution is -2.28. The SMILES string of the molecule is C=Cc1ccc(C2(c3ccc(C=C)cc3)c3ccccc3-c3ccccc32)cc1. The summed E-state index contributed by atoms with van der Waals surface area (Å²) in [5.41, 5.74) is 9.74. The molecule has 0 saturated carbocycles. The molecule has 1 aliphatic carbocycles. The first kappa shape index (κ1) is 17.5. The molecule has 0 spiro atoms. The second-order valence-electron chi connectivity index (χ2n) is 7.49. The van der Waals surface area contributed by atoms with E-state index in [4.69, 9.17) is 0 Å². The number of benzene rings is 4. The van der Waals surface area contributed by atoms with Gasteiger partial charge in [0.1, 0.15) is 0 Å². The minimum atomic E-state index is -0.341. The maximum Gasteiger partial charge on any atom is 0.0713 e. The summed E-state index contributed by atoms with van der Waals surface area (Å²) >= 11 is 0. The quantitative estimate of drug-likeness (QED) is 0.310. The summed E-state index contributed by atoms with van der Waals surface area (Å²) in [4.78, 5) is 0. The molecule has 5 rings (SSSR count). The smallest absolute Gasteiger partial charge is 0.0713 e. The minimum Gasteiger partial charge on any atom is -0.0985 e. The predicted octanol–water partition coefficient (Wildman–Crippen LogP) is 7.34. The van der Waals surface area contributed by atoms with E-state index in [1.807, 2.05) is 12.2 Å². The second kappa shape index (κ2) is 6.76. The molecule has 0 aliphatic heterocycles. The molecule has 138 valence electrons. The second-order valence-corrected chi connectivity index (χ2v) is 7.49. The fourth-order valence-corrected chi connectivity index (χ4v) is 4.76. The van der Waals surface area contributed by atoms with Crippen LogP contribution in [0.15, 0.2) is 110 Å². The van der Waals surface area contributed by atoms with E-state index < -0.39 is 0 Å². The van der Waals surface area contributed by atoms with E-state index in [-0.39, 0.29) is 5.41 Å². The normalized spacial score (nSPS) is 13.4. The molecule has 29 heavy (non-hydrogen) atoms. The largest absolute Gasteiger partial charge is 0.0985 e. The zero-order valence-electron chi connectivity index (χ0n) is 16.3. The topological polar surface area (TPSA) is 0 Å². The van der Waals surface area contributed by atoms with Crippen molar-refractivity contribution in [1.29, 1.82) is 0 Å². The molecule has 0 atom stereocenters. The van der Waals surface area contributed by atoms with E-state index in [9.17, 15) is 0 Å². The van der Waals surface area contributed by atoms with Gasteiger partial charge >= 0.3 is 0 Å². The van der Waals surface area contributed by atoms with Gasteiger partial charge in [0, 0.05) is 0 Å². The van der Waals surface area contributed by atoms with E-state index >= 15 is 0 Å². The summed E-state index contributed by atoms with van der Waals surface area (Å²) in [6.45, 7) is 7.83. The Morgan fingerprint density at radius 2 is 0.862 bits per heavy atom. The first-order valence-corrected chi connectivity index (χ1v) is 9.94. The fourth-order valence-electron chi connectivity index (χ4n) is 4.76. The van der Waals surface area contributed by atoms with Gasteiger partial charge in [0.25, 0.3) is 0 Å². The van der Waals surface area contributed by atoms with Crippen LogP contribution in [0.5, 0.6) is 0 Å². The molecule has 0 N–H and O–H groups in total. The highest BCUT2D eigenvalue weighted by molar-refractivity contribution is 5.86. The van der Waals surface area contributed by atoms with Crippen molar-refractivity contribution in [3.8, 4) is 11.1 Å². The van der Waals surface area contributed by atoms with Gasteiger partial charge in [-0.1, -0.05) is 122 Å². The Balaban J connectivity index is 1.90. The third-order valence-electron chi connectivity index (χ3n) is 6.11. The molecular weight excluding hydrogens is 348 g/mol. The Morgan fingerprint density at radius 3 is 1.24 bits per heavy atom. The zero-order chi connectivity index (χ0) is 19.8. The van der Waals surface area contributed by atoms with E-state index in [0.717, 1.165) is 11.1 Å². The lowest BCUT2D eigenvalue weighted by molar-refractivity contribution is 0.768. The summed E-state index contributed by atoms with van der Waals surface area (Å²) in [5, 5.41) is 0. The molecule has 4 aromatic carbocycles. The molecular formula is C29H22. The lowest BCUT2D eigenvalue weighted by Gasteiger charge is -2.34. The van der Waals surface area contributed by atoms with Gasteiger partial charge in [0.15, 0.2) is 0 Å². The average molecular weight is 370 g/mol. The highest BCUT2D eigenvalue weighted by atomic mass is 14.5. The van der Waals surface area contributed by atoms with E-state index in [2.05, 4.69) is 110 Å². The van der Waals surface area contributed by atoms with E-state index in [1.54, 1.807) is 0 Å². The Labute approximate surface area is 172 Å². The standard InChI is InChI=1S/C29H22/c1-3-21-13-17-23(18-14-21)29(24-19-15-22(4-2)16-20-24)27-11-7-5-9-25(27)26-10-6-8-12-28(26)29/h3-20H,1-2H2.